The van der Waals surface area contributed by atoms with Crippen molar-refractivity contribution >= 4 is 12.0 Å². The lowest BCUT2D eigenvalue weighted by molar-refractivity contribution is -0.141. The maximum atomic E-state index is 11.4. The Morgan fingerprint density at radius 2 is 1.88 bits per heavy atom. The van der Waals surface area contributed by atoms with E-state index in [0.29, 0.717) is 13.2 Å². The van der Waals surface area contributed by atoms with Gasteiger partial charge in [-0.15, -0.1) is 0 Å². The number of hydrogen-bond acceptors (Lipinski definition) is 3. The molecule has 3 N–H and O–H groups in total. The van der Waals surface area contributed by atoms with Gasteiger partial charge < -0.3 is 20.5 Å². The van der Waals surface area contributed by atoms with Gasteiger partial charge in [0, 0.05) is 19.2 Å². The van der Waals surface area contributed by atoms with Crippen LogP contribution in [0.3, 0.4) is 0 Å². The summed E-state index contributed by atoms with van der Waals surface area (Å²) >= 11 is 0. The average molecular weight is 246 g/mol. The van der Waals surface area contributed by atoms with E-state index < -0.39 is 17.9 Å². The molecule has 0 saturated heterocycles. The summed E-state index contributed by atoms with van der Waals surface area (Å²) in [6, 6.07) is -0.799. The number of aliphatic carboxylic acids is 1. The summed E-state index contributed by atoms with van der Waals surface area (Å²) in [6.45, 7) is 7.94. The van der Waals surface area contributed by atoms with Gasteiger partial charge in [0.05, 0.1) is 12.0 Å². The fourth-order valence-electron chi connectivity index (χ4n) is 1.18. The molecule has 0 aromatic rings. The van der Waals surface area contributed by atoms with Crippen LogP contribution in [0, 0.1) is 5.92 Å². The minimum atomic E-state index is -0.930. The van der Waals surface area contributed by atoms with Crippen LogP contribution in [0.25, 0.3) is 0 Å². The number of amides is 2. The van der Waals surface area contributed by atoms with Gasteiger partial charge in [-0.25, -0.2) is 4.79 Å². The molecule has 17 heavy (non-hydrogen) atoms. The number of ether oxygens (including phenoxy) is 1. The molecule has 6 nitrogen and oxygen atoms in total. The van der Waals surface area contributed by atoms with Crippen molar-refractivity contribution in [3.05, 3.63) is 0 Å². The molecule has 0 aliphatic heterocycles. The van der Waals surface area contributed by atoms with E-state index in [2.05, 4.69) is 10.6 Å². The minimum Gasteiger partial charge on any atom is -0.481 e. The van der Waals surface area contributed by atoms with Gasteiger partial charge in [-0.05, 0) is 27.7 Å². The Labute approximate surface area is 102 Å². The lowest BCUT2D eigenvalue weighted by Crippen LogP contribution is -2.46. The summed E-state index contributed by atoms with van der Waals surface area (Å²) in [5, 5.41) is 14.0. The van der Waals surface area contributed by atoms with Crippen molar-refractivity contribution in [2.45, 2.75) is 39.8 Å². The molecule has 0 aliphatic carbocycles. The third-order valence-corrected chi connectivity index (χ3v) is 2.50. The molecular weight excluding hydrogens is 224 g/mol. The van der Waals surface area contributed by atoms with Gasteiger partial charge in [-0.1, -0.05) is 0 Å². The number of carboxylic acid groups (broad SMARTS) is 1. The molecule has 0 heterocycles. The van der Waals surface area contributed by atoms with E-state index >= 15 is 0 Å². The van der Waals surface area contributed by atoms with E-state index in [1.54, 1.807) is 13.8 Å². The summed E-state index contributed by atoms with van der Waals surface area (Å²) in [5.41, 5.74) is 0. The van der Waals surface area contributed by atoms with Gasteiger partial charge >= 0.3 is 12.0 Å². The molecule has 0 aromatic carbocycles. The largest absolute Gasteiger partial charge is 0.481 e. The molecule has 3 unspecified atom stereocenters. The van der Waals surface area contributed by atoms with E-state index in [-0.39, 0.29) is 12.1 Å². The SMILES string of the molecule is CCOC(C)CNC(=O)NC(C)C(C)C(=O)O. The highest BCUT2D eigenvalue weighted by Gasteiger charge is 2.20. The number of carbonyl (C=O) groups excluding carboxylic acids is 1. The van der Waals surface area contributed by atoms with Crippen LogP contribution in [-0.4, -0.2) is 42.4 Å². The second kappa shape index (κ2) is 7.89. The number of hydrogen-bond donors (Lipinski definition) is 3. The van der Waals surface area contributed by atoms with Crippen LogP contribution in [0.15, 0.2) is 0 Å². The first-order chi connectivity index (χ1) is 7.88. The summed E-state index contributed by atoms with van der Waals surface area (Å²) in [5.74, 6) is -1.55. The normalized spacial score (nSPS) is 15.8. The number of nitrogens with one attached hydrogen (secondary N) is 2. The Morgan fingerprint density at radius 1 is 1.29 bits per heavy atom. The summed E-state index contributed by atoms with van der Waals surface area (Å²) < 4.78 is 5.25. The van der Waals surface area contributed by atoms with Crippen LogP contribution in [0.2, 0.25) is 0 Å². The van der Waals surface area contributed by atoms with Gasteiger partial charge in [-0.3, -0.25) is 4.79 Å². The highest BCUT2D eigenvalue weighted by molar-refractivity contribution is 5.76. The topological polar surface area (TPSA) is 87.7 Å². The van der Waals surface area contributed by atoms with Crippen molar-refractivity contribution in [2.75, 3.05) is 13.2 Å². The van der Waals surface area contributed by atoms with Crippen molar-refractivity contribution in [3.63, 3.8) is 0 Å². The second-order valence-electron chi connectivity index (χ2n) is 4.04. The van der Waals surface area contributed by atoms with Crippen molar-refractivity contribution < 1.29 is 19.4 Å². The van der Waals surface area contributed by atoms with Gasteiger partial charge in [0.2, 0.25) is 0 Å². The van der Waals surface area contributed by atoms with Crippen LogP contribution in [0.5, 0.6) is 0 Å². The Balaban J connectivity index is 3.90. The van der Waals surface area contributed by atoms with Crippen molar-refractivity contribution in [3.8, 4) is 0 Å². The molecule has 0 bridgehead atoms. The van der Waals surface area contributed by atoms with Crippen molar-refractivity contribution in [2.24, 2.45) is 5.92 Å². The Kier molecular flexibility index (Phi) is 7.29. The van der Waals surface area contributed by atoms with Gasteiger partial charge in [-0.2, -0.15) is 0 Å². The van der Waals surface area contributed by atoms with Crippen LogP contribution in [0.4, 0.5) is 4.79 Å². The summed E-state index contributed by atoms with van der Waals surface area (Å²) in [7, 11) is 0. The van der Waals surface area contributed by atoms with Gasteiger partial charge in [0.25, 0.3) is 0 Å². The smallest absolute Gasteiger partial charge is 0.315 e. The Morgan fingerprint density at radius 3 is 2.35 bits per heavy atom. The number of carbonyl (C=O) groups is 2. The first-order valence-electron chi connectivity index (χ1n) is 5.77. The third-order valence-electron chi connectivity index (χ3n) is 2.50. The van der Waals surface area contributed by atoms with Crippen LogP contribution >= 0.6 is 0 Å². The van der Waals surface area contributed by atoms with Crippen molar-refractivity contribution in [1.82, 2.24) is 10.6 Å². The molecule has 0 spiro atoms. The zero-order valence-electron chi connectivity index (χ0n) is 10.8. The highest BCUT2D eigenvalue weighted by atomic mass is 16.5. The number of urea groups is 1. The fraction of sp³-hybridized carbons (Fsp3) is 0.818. The molecule has 6 heteroatoms. The van der Waals surface area contributed by atoms with Crippen molar-refractivity contribution in [1.29, 1.82) is 0 Å². The lowest BCUT2D eigenvalue weighted by atomic mass is 10.0. The molecule has 2 amide bonds. The molecule has 3 atom stereocenters. The summed E-state index contributed by atoms with van der Waals surface area (Å²) in [4.78, 5) is 22.1. The second-order valence-corrected chi connectivity index (χ2v) is 4.04. The number of rotatable bonds is 7. The minimum absolute atomic E-state index is 0.0575. The molecule has 0 fully saturated rings. The molecule has 0 aromatic heterocycles. The molecule has 0 radical (unpaired) electrons. The monoisotopic (exact) mass is 246 g/mol. The lowest BCUT2D eigenvalue weighted by Gasteiger charge is -2.19. The van der Waals surface area contributed by atoms with Gasteiger partial charge in [0.15, 0.2) is 0 Å². The van der Waals surface area contributed by atoms with E-state index in [9.17, 15) is 9.59 Å². The predicted octanol–water partition coefficient (Wildman–Crippen LogP) is 0.820. The zero-order chi connectivity index (χ0) is 13.4. The van der Waals surface area contributed by atoms with E-state index in [4.69, 9.17) is 9.84 Å². The summed E-state index contributed by atoms with van der Waals surface area (Å²) in [6.07, 6.45) is -0.0575. The fourth-order valence-corrected chi connectivity index (χ4v) is 1.18. The molecular formula is C11H22N2O4. The quantitative estimate of drug-likeness (QED) is 0.620. The third kappa shape index (κ3) is 6.78. The average Bonchev–Trinajstić information content (AvgIpc) is 2.25. The van der Waals surface area contributed by atoms with Gasteiger partial charge in [0.1, 0.15) is 0 Å². The maximum Gasteiger partial charge on any atom is 0.315 e. The first kappa shape index (κ1) is 15.7. The zero-order valence-corrected chi connectivity index (χ0v) is 10.8. The Bertz CT molecular complexity index is 258. The molecule has 0 rings (SSSR count). The molecule has 0 aliphatic rings. The van der Waals surface area contributed by atoms with Crippen LogP contribution in [-0.2, 0) is 9.53 Å². The van der Waals surface area contributed by atoms with E-state index in [1.165, 1.54) is 0 Å². The molecule has 100 valence electrons. The van der Waals surface area contributed by atoms with Crippen LogP contribution in [0.1, 0.15) is 27.7 Å². The Hall–Kier alpha value is -1.30. The van der Waals surface area contributed by atoms with Crippen LogP contribution < -0.4 is 10.6 Å². The number of carboxylic acids is 1. The van der Waals surface area contributed by atoms with E-state index in [1.807, 2.05) is 13.8 Å². The predicted molar refractivity (Wildman–Crippen MR) is 63.9 cm³/mol. The standard InChI is InChI=1S/C11H22N2O4/c1-5-17-7(2)6-12-11(16)13-9(4)8(3)10(14)15/h7-9H,5-6H2,1-4H3,(H,14,15)(H2,12,13,16). The van der Waals surface area contributed by atoms with E-state index in [0.717, 1.165) is 0 Å². The first-order valence-corrected chi connectivity index (χ1v) is 5.77. The maximum absolute atomic E-state index is 11.4. The molecule has 0 saturated carbocycles. The highest BCUT2D eigenvalue weighted by Crippen LogP contribution is 2.01.